The molecule has 0 aliphatic rings. The zero-order valence-electron chi connectivity index (χ0n) is 18.1. The lowest BCUT2D eigenvalue weighted by Gasteiger charge is -2.12. The molecule has 166 valence electrons. The third kappa shape index (κ3) is 19.8. The van der Waals surface area contributed by atoms with Crippen LogP contribution in [0.3, 0.4) is 0 Å². The average Bonchev–Trinajstić information content (AvgIpc) is 2.71. The van der Waals surface area contributed by atoms with Crippen LogP contribution in [0.4, 0.5) is 0 Å². The summed E-state index contributed by atoms with van der Waals surface area (Å²) in [4.78, 5) is 11.5. The number of ether oxygens (including phenoxy) is 2. The molecule has 0 atom stereocenters. The van der Waals surface area contributed by atoms with Crippen molar-refractivity contribution in [3.05, 3.63) is 12.2 Å². The van der Waals surface area contributed by atoms with Gasteiger partial charge in [0.15, 0.2) is 0 Å². The van der Waals surface area contributed by atoms with Gasteiger partial charge < -0.3 is 19.7 Å². The largest absolute Gasteiger partial charge is 0.457 e. The molecule has 0 aromatic heterocycles. The van der Waals surface area contributed by atoms with Crippen LogP contribution in [0.1, 0.15) is 96.8 Å². The zero-order valence-corrected chi connectivity index (χ0v) is 18.1. The summed E-state index contributed by atoms with van der Waals surface area (Å²) in [7, 11) is 0. The first-order valence-electron chi connectivity index (χ1n) is 11.4. The Balaban J connectivity index is 3.25. The summed E-state index contributed by atoms with van der Waals surface area (Å²) in [6.45, 7) is 3.29. The molecule has 0 aliphatic heterocycles. The highest BCUT2D eigenvalue weighted by Crippen LogP contribution is 2.08. The molecule has 5 nitrogen and oxygen atoms in total. The number of carbonyl (C=O) groups excluding carboxylic acids is 1. The molecule has 0 saturated heterocycles. The first-order valence-corrected chi connectivity index (χ1v) is 11.4. The molecule has 0 aromatic carbocycles. The van der Waals surface area contributed by atoms with Crippen LogP contribution in [0.15, 0.2) is 12.2 Å². The third-order valence-corrected chi connectivity index (χ3v) is 4.69. The van der Waals surface area contributed by atoms with E-state index in [1.807, 2.05) is 0 Å². The average molecular weight is 401 g/mol. The minimum Gasteiger partial charge on any atom is -0.457 e. The smallest absolute Gasteiger partial charge is 0.306 e. The number of carbonyl (C=O) groups is 1. The molecular formula is C23H44O5. The minimum atomic E-state index is -0.780. The summed E-state index contributed by atoms with van der Waals surface area (Å²) in [5, 5.41) is 17.7. The standard InChI is InChI=1S/C23H44O5/c1-2-3-4-5-9-12-15-18-27-19-16-13-10-7-6-8-11-14-17-23(26)28-22(20-24)21-25/h10,13,22,24-25H,2-9,11-12,14-21H2,1H3. The minimum absolute atomic E-state index is 0.335. The van der Waals surface area contributed by atoms with Gasteiger partial charge in [-0.3, -0.25) is 4.79 Å². The van der Waals surface area contributed by atoms with E-state index in [4.69, 9.17) is 19.7 Å². The molecule has 0 aromatic rings. The first kappa shape index (κ1) is 27.1. The summed E-state index contributed by atoms with van der Waals surface area (Å²) in [5.41, 5.74) is 0. The lowest BCUT2D eigenvalue weighted by atomic mass is 10.1. The lowest BCUT2D eigenvalue weighted by Crippen LogP contribution is -2.25. The van der Waals surface area contributed by atoms with Gasteiger partial charge in [-0.15, -0.1) is 0 Å². The number of esters is 1. The second-order valence-corrected chi connectivity index (χ2v) is 7.42. The van der Waals surface area contributed by atoms with Gasteiger partial charge >= 0.3 is 5.97 Å². The number of aliphatic hydroxyl groups excluding tert-OH is 2. The van der Waals surface area contributed by atoms with Gasteiger partial charge in [-0.25, -0.2) is 0 Å². The Morgan fingerprint density at radius 3 is 2.11 bits per heavy atom. The molecule has 0 fully saturated rings. The Morgan fingerprint density at radius 1 is 0.786 bits per heavy atom. The monoisotopic (exact) mass is 400 g/mol. The SMILES string of the molecule is CCCCCCCCCOCCC=CCCCCCCC(=O)OC(CO)CO. The van der Waals surface area contributed by atoms with Crippen LogP contribution in [-0.4, -0.2) is 48.7 Å². The van der Waals surface area contributed by atoms with Gasteiger partial charge in [-0.05, 0) is 32.1 Å². The van der Waals surface area contributed by atoms with E-state index in [9.17, 15) is 4.79 Å². The van der Waals surface area contributed by atoms with Crippen molar-refractivity contribution >= 4 is 5.97 Å². The first-order chi connectivity index (χ1) is 13.7. The normalized spacial score (nSPS) is 11.6. The Morgan fingerprint density at radius 2 is 1.39 bits per heavy atom. The summed E-state index contributed by atoms with van der Waals surface area (Å²) in [6, 6.07) is 0. The van der Waals surface area contributed by atoms with Crippen LogP contribution in [0.25, 0.3) is 0 Å². The molecule has 0 rings (SSSR count). The molecule has 5 heteroatoms. The van der Waals surface area contributed by atoms with Crippen LogP contribution in [0.2, 0.25) is 0 Å². The fourth-order valence-electron chi connectivity index (χ4n) is 2.91. The number of hydrogen-bond donors (Lipinski definition) is 2. The van der Waals surface area contributed by atoms with Crippen molar-refractivity contribution in [1.29, 1.82) is 0 Å². The molecule has 0 saturated carbocycles. The van der Waals surface area contributed by atoms with E-state index in [0.717, 1.165) is 51.7 Å². The second-order valence-electron chi connectivity index (χ2n) is 7.42. The van der Waals surface area contributed by atoms with E-state index >= 15 is 0 Å². The Hall–Kier alpha value is -0.910. The topological polar surface area (TPSA) is 76.0 Å². The zero-order chi connectivity index (χ0) is 20.7. The predicted molar refractivity (Wildman–Crippen MR) is 114 cm³/mol. The van der Waals surface area contributed by atoms with Crippen LogP contribution in [0, 0.1) is 0 Å². The molecule has 28 heavy (non-hydrogen) atoms. The summed E-state index contributed by atoms with van der Waals surface area (Å²) in [6.07, 6.45) is 19.3. The molecule has 0 heterocycles. The summed E-state index contributed by atoms with van der Waals surface area (Å²) in [5.74, 6) is -0.343. The van der Waals surface area contributed by atoms with Crippen molar-refractivity contribution in [1.82, 2.24) is 0 Å². The maximum atomic E-state index is 11.5. The summed E-state index contributed by atoms with van der Waals surface area (Å²) < 4.78 is 10.6. The highest BCUT2D eigenvalue weighted by Gasteiger charge is 2.11. The van der Waals surface area contributed by atoms with E-state index < -0.39 is 6.10 Å². The molecule has 0 bridgehead atoms. The van der Waals surface area contributed by atoms with Gasteiger partial charge in [0.25, 0.3) is 0 Å². The van der Waals surface area contributed by atoms with Gasteiger partial charge in [0.05, 0.1) is 19.8 Å². The van der Waals surface area contributed by atoms with E-state index in [-0.39, 0.29) is 19.2 Å². The van der Waals surface area contributed by atoms with Crippen molar-refractivity contribution in [3.63, 3.8) is 0 Å². The molecule has 0 spiro atoms. The molecule has 2 N–H and O–H groups in total. The molecule has 0 aliphatic carbocycles. The van der Waals surface area contributed by atoms with Gasteiger partial charge in [0, 0.05) is 13.0 Å². The fourth-order valence-corrected chi connectivity index (χ4v) is 2.91. The van der Waals surface area contributed by atoms with Gasteiger partial charge in [0.1, 0.15) is 6.10 Å². The van der Waals surface area contributed by atoms with Gasteiger partial charge in [-0.1, -0.05) is 70.4 Å². The van der Waals surface area contributed by atoms with Crippen LogP contribution in [0.5, 0.6) is 0 Å². The van der Waals surface area contributed by atoms with E-state index in [1.54, 1.807) is 0 Å². The second kappa shape index (κ2) is 22.4. The van der Waals surface area contributed by atoms with Crippen molar-refractivity contribution in [2.75, 3.05) is 26.4 Å². The predicted octanol–water partition coefficient (Wildman–Crippen LogP) is 4.94. The molecular weight excluding hydrogens is 356 g/mol. The van der Waals surface area contributed by atoms with Crippen molar-refractivity contribution < 1.29 is 24.5 Å². The van der Waals surface area contributed by atoms with Crippen molar-refractivity contribution in [3.8, 4) is 0 Å². The number of unbranched alkanes of at least 4 members (excludes halogenated alkanes) is 10. The van der Waals surface area contributed by atoms with Crippen molar-refractivity contribution in [2.45, 2.75) is 103 Å². The van der Waals surface area contributed by atoms with Crippen LogP contribution >= 0.6 is 0 Å². The Kier molecular flexibility index (Phi) is 21.7. The maximum absolute atomic E-state index is 11.5. The molecule has 0 amide bonds. The lowest BCUT2D eigenvalue weighted by molar-refractivity contribution is -0.153. The number of aliphatic hydroxyl groups is 2. The highest BCUT2D eigenvalue weighted by atomic mass is 16.6. The quantitative estimate of drug-likeness (QED) is 0.162. The molecule has 0 radical (unpaired) electrons. The van der Waals surface area contributed by atoms with Crippen molar-refractivity contribution in [2.24, 2.45) is 0 Å². The third-order valence-electron chi connectivity index (χ3n) is 4.69. The Labute approximate surface area is 172 Å². The van der Waals surface area contributed by atoms with E-state index in [2.05, 4.69) is 19.1 Å². The summed E-state index contributed by atoms with van der Waals surface area (Å²) >= 11 is 0. The van der Waals surface area contributed by atoms with E-state index in [1.165, 1.54) is 44.9 Å². The molecule has 0 unspecified atom stereocenters. The van der Waals surface area contributed by atoms with Gasteiger partial charge in [-0.2, -0.15) is 0 Å². The number of allylic oxidation sites excluding steroid dienone is 1. The Bertz CT molecular complexity index is 353. The van der Waals surface area contributed by atoms with E-state index in [0.29, 0.717) is 6.42 Å². The number of rotatable bonds is 21. The van der Waals surface area contributed by atoms with Crippen LogP contribution < -0.4 is 0 Å². The van der Waals surface area contributed by atoms with Crippen LogP contribution in [-0.2, 0) is 14.3 Å². The highest BCUT2D eigenvalue weighted by molar-refractivity contribution is 5.69. The maximum Gasteiger partial charge on any atom is 0.306 e. The van der Waals surface area contributed by atoms with Gasteiger partial charge in [0.2, 0.25) is 0 Å². The number of hydrogen-bond acceptors (Lipinski definition) is 5. The fraction of sp³-hybridized carbons (Fsp3) is 0.870.